The van der Waals surface area contributed by atoms with E-state index >= 15 is 0 Å². The Hall–Kier alpha value is -1.53. The maximum absolute atomic E-state index is 8.77. The van der Waals surface area contributed by atoms with Gasteiger partial charge in [-0.25, -0.2) is 0 Å². The van der Waals surface area contributed by atoms with E-state index < -0.39 is 0 Å². The monoisotopic (exact) mass is 243 g/mol. The standard InChI is InChI=1S/C15H21N3/c1-18(11-8-13-6-9-17-10-7-13)15-4-2-14(12-16)3-5-15/h2-5,13,17H,6-11H2,1H3. The number of hydrogen-bond acceptors (Lipinski definition) is 3. The number of nitrogens with zero attached hydrogens (tertiary/aromatic N) is 2. The lowest BCUT2D eigenvalue weighted by atomic mass is 9.94. The fourth-order valence-electron chi connectivity index (χ4n) is 2.47. The van der Waals surface area contributed by atoms with E-state index in [0.717, 1.165) is 18.0 Å². The molecule has 1 aromatic rings. The van der Waals surface area contributed by atoms with Crippen molar-refractivity contribution in [1.82, 2.24) is 5.32 Å². The Labute approximate surface area is 109 Å². The van der Waals surface area contributed by atoms with Gasteiger partial charge in [0.1, 0.15) is 0 Å². The first kappa shape index (κ1) is 12.9. The third-order valence-corrected chi connectivity index (χ3v) is 3.77. The summed E-state index contributed by atoms with van der Waals surface area (Å²) in [6, 6.07) is 9.98. The van der Waals surface area contributed by atoms with Crippen molar-refractivity contribution in [3.05, 3.63) is 29.8 Å². The van der Waals surface area contributed by atoms with Gasteiger partial charge >= 0.3 is 0 Å². The van der Waals surface area contributed by atoms with Crippen LogP contribution < -0.4 is 10.2 Å². The Bertz CT molecular complexity index is 399. The van der Waals surface area contributed by atoms with Crippen molar-refractivity contribution in [3.63, 3.8) is 0 Å². The summed E-state index contributed by atoms with van der Waals surface area (Å²) in [5.41, 5.74) is 1.92. The molecule has 0 radical (unpaired) electrons. The summed E-state index contributed by atoms with van der Waals surface area (Å²) in [4.78, 5) is 2.28. The van der Waals surface area contributed by atoms with Gasteiger partial charge in [0.2, 0.25) is 0 Å². The lowest BCUT2D eigenvalue weighted by Crippen LogP contribution is -2.30. The number of nitrogens with one attached hydrogen (secondary N) is 1. The van der Waals surface area contributed by atoms with Gasteiger partial charge in [-0.1, -0.05) is 0 Å². The molecule has 0 atom stereocenters. The van der Waals surface area contributed by atoms with Crippen molar-refractivity contribution in [2.75, 3.05) is 31.6 Å². The lowest BCUT2D eigenvalue weighted by Gasteiger charge is -2.26. The SMILES string of the molecule is CN(CCC1CCNCC1)c1ccc(C#N)cc1. The van der Waals surface area contributed by atoms with Gasteiger partial charge in [0.05, 0.1) is 11.6 Å². The summed E-state index contributed by atoms with van der Waals surface area (Å²) in [7, 11) is 2.13. The van der Waals surface area contributed by atoms with Crippen molar-refractivity contribution in [2.24, 2.45) is 5.92 Å². The summed E-state index contributed by atoms with van der Waals surface area (Å²) in [6.07, 6.45) is 3.88. The Morgan fingerprint density at radius 1 is 1.28 bits per heavy atom. The second kappa shape index (κ2) is 6.42. The molecule has 3 nitrogen and oxygen atoms in total. The summed E-state index contributed by atoms with van der Waals surface area (Å²) in [5.74, 6) is 0.868. The number of piperidine rings is 1. The maximum atomic E-state index is 8.77. The van der Waals surface area contributed by atoms with Crippen molar-refractivity contribution in [2.45, 2.75) is 19.3 Å². The first-order valence-electron chi connectivity index (χ1n) is 6.71. The fraction of sp³-hybridized carbons (Fsp3) is 0.533. The van der Waals surface area contributed by atoms with Gasteiger partial charge in [0.25, 0.3) is 0 Å². The Morgan fingerprint density at radius 2 is 1.94 bits per heavy atom. The average Bonchev–Trinajstić information content (AvgIpc) is 2.46. The molecule has 0 spiro atoms. The molecule has 0 unspecified atom stereocenters. The molecule has 1 heterocycles. The van der Waals surface area contributed by atoms with Crippen molar-refractivity contribution in [1.29, 1.82) is 5.26 Å². The number of rotatable bonds is 4. The molecular formula is C15H21N3. The smallest absolute Gasteiger partial charge is 0.0991 e. The van der Waals surface area contributed by atoms with Crippen molar-refractivity contribution >= 4 is 5.69 Å². The van der Waals surface area contributed by atoms with Crippen LogP contribution in [0.5, 0.6) is 0 Å². The van der Waals surface area contributed by atoms with Crippen LogP contribution in [0.4, 0.5) is 5.69 Å². The van der Waals surface area contributed by atoms with Crippen LogP contribution in [0, 0.1) is 17.2 Å². The molecule has 0 amide bonds. The van der Waals surface area contributed by atoms with Crippen LogP contribution in [-0.4, -0.2) is 26.7 Å². The third kappa shape index (κ3) is 3.48. The largest absolute Gasteiger partial charge is 0.375 e. The minimum atomic E-state index is 0.727. The highest BCUT2D eigenvalue weighted by Crippen LogP contribution is 2.19. The zero-order valence-electron chi connectivity index (χ0n) is 11.0. The van der Waals surface area contributed by atoms with Crippen molar-refractivity contribution < 1.29 is 0 Å². The quantitative estimate of drug-likeness (QED) is 0.882. The zero-order valence-corrected chi connectivity index (χ0v) is 11.0. The molecule has 0 saturated carbocycles. The molecule has 96 valence electrons. The van der Waals surface area contributed by atoms with Crippen LogP contribution in [0.2, 0.25) is 0 Å². The van der Waals surface area contributed by atoms with Crippen molar-refractivity contribution in [3.8, 4) is 6.07 Å². The summed E-state index contributed by atoms with van der Waals surface area (Å²) in [6.45, 7) is 3.44. The van der Waals surface area contributed by atoms with E-state index in [1.54, 1.807) is 0 Å². The highest BCUT2D eigenvalue weighted by atomic mass is 15.1. The number of hydrogen-bond donors (Lipinski definition) is 1. The predicted octanol–water partition coefficient (Wildman–Crippen LogP) is 2.38. The topological polar surface area (TPSA) is 39.1 Å². The molecule has 1 fully saturated rings. The fourth-order valence-corrected chi connectivity index (χ4v) is 2.47. The second-order valence-corrected chi connectivity index (χ2v) is 5.06. The van der Waals surface area contributed by atoms with E-state index in [-0.39, 0.29) is 0 Å². The van der Waals surface area contributed by atoms with Gasteiger partial charge in [-0.05, 0) is 62.5 Å². The highest BCUT2D eigenvalue weighted by molar-refractivity contribution is 5.48. The number of nitriles is 1. The molecule has 1 N–H and O–H groups in total. The highest BCUT2D eigenvalue weighted by Gasteiger charge is 2.13. The van der Waals surface area contributed by atoms with Crippen LogP contribution in [0.3, 0.4) is 0 Å². The molecule has 0 bridgehead atoms. The second-order valence-electron chi connectivity index (χ2n) is 5.06. The number of anilines is 1. The van der Waals surface area contributed by atoms with Gasteiger partial charge in [-0.2, -0.15) is 5.26 Å². The first-order chi connectivity index (χ1) is 8.79. The molecule has 0 aliphatic carbocycles. The van der Waals surface area contributed by atoms with Crippen LogP contribution in [-0.2, 0) is 0 Å². The predicted molar refractivity (Wildman–Crippen MR) is 74.6 cm³/mol. The van der Waals surface area contributed by atoms with E-state index in [0.29, 0.717) is 0 Å². The molecule has 2 rings (SSSR count). The molecule has 18 heavy (non-hydrogen) atoms. The summed E-state index contributed by atoms with van der Waals surface area (Å²) in [5, 5.41) is 12.2. The molecule has 1 aromatic carbocycles. The third-order valence-electron chi connectivity index (χ3n) is 3.77. The molecule has 3 heteroatoms. The Balaban J connectivity index is 1.83. The van der Waals surface area contributed by atoms with Gasteiger partial charge in [-0.15, -0.1) is 0 Å². The van der Waals surface area contributed by atoms with Gasteiger partial charge in [0.15, 0.2) is 0 Å². The van der Waals surface area contributed by atoms with E-state index in [1.807, 2.05) is 24.3 Å². The van der Waals surface area contributed by atoms with Gasteiger partial charge in [-0.3, -0.25) is 0 Å². The number of benzene rings is 1. The normalized spacial score (nSPS) is 16.2. The zero-order chi connectivity index (χ0) is 12.8. The van der Waals surface area contributed by atoms with Crippen LogP contribution in [0.1, 0.15) is 24.8 Å². The van der Waals surface area contributed by atoms with E-state index in [4.69, 9.17) is 5.26 Å². The minimum Gasteiger partial charge on any atom is -0.375 e. The molecule has 1 aliphatic rings. The van der Waals surface area contributed by atoms with E-state index in [2.05, 4.69) is 23.3 Å². The first-order valence-corrected chi connectivity index (χ1v) is 6.71. The summed E-state index contributed by atoms with van der Waals surface area (Å²) >= 11 is 0. The maximum Gasteiger partial charge on any atom is 0.0991 e. The van der Waals surface area contributed by atoms with E-state index in [9.17, 15) is 0 Å². The molecule has 0 aromatic heterocycles. The molecular weight excluding hydrogens is 222 g/mol. The van der Waals surface area contributed by atoms with E-state index in [1.165, 1.54) is 38.0 Å². The molecule has 1 aliphatic heterocycles. The Morgan fingerprint density at radius 3 is 2.56 bits per heavy atom. The summed E-state index contributed by atoms with van der Waals surface area (Å²) < 4.78 is 0. The average molecular weight is 243 g/mol. The molecule has 1 saturated heterocycles. The van der Waals surface area contributed by atoms with Crippen LogP contribution in [0.25, 0.3) is 0 Å². The van der Waals surface area contributed by atoms with Gasteiger partial charge < -0.3 is 10.2 Å². The van der Waals surface area contributed by atoms with Crippen LogP contribution in [0.15, 0.2) is 24.3 Å². The lowest BCUT2D eigenvalue weighted by molar-refractivity contribution is 0.356. The minimum absolute atomic E-state index is 0.727. The van der Waals surface area contributed by atoms with Crippen LogP contribution >= 0.6 is 0 Å². The van der Waals surface area contributed by atoms with Gasteiger partial charge in [0, 0.05) is 19.3 Å². The Kier molecular flexibility index (Phi) is 4.60.